The van der Waals surface area contributed by atoms with Gasteiger partial charge >= 0.3 is 0 Å². The minimum absolute atomic E-state index is 0.226. The fourth-order valence-corrected chi connectivity index (χ4v) is 2.46. The van der Waals surface area contributed by atoms with Crippen molar-refractivity contribution < 1.29 is 9.50 Å². The lowest BCUT2D eigenvalue weighted by atomic mass is 10.1. The Balaban J connectivity index is 1.87. The van der Waals surface area contributed by atoms with Crippen LogP contribution in [0.5, 0.6) is 0 Å². The van der Waals surface area contributed by atoms with Crippen LogP contribution in [-0.2, 0) is 6.54 Å². The third kappa shape index (κ3) is 3.38. The number of aliphatic hydroxyl groups excluding tert-OH is 1. The maximum Gasteiger partial charge on any atom is 0.123 e. The van der Waals surface area contributed by atoms with Gasteiger partial charge in [0.05, 0.1) is 6.10 Å². The second-order valence-electron chi connectivity index (χ2n) is 4.27. The highest BCUT2D eigenvalue weighted by atomic mass is 32.1. The summed E-state index contributed by atoms with van der Waals surface area (Å²) in [5.74, 6) is -0.226. The van der Waals surface area contributed by atoms with Gasteiger partial charge in [0.15, 0.2) is 0 Å². The van der Waals surface area contributed by atoms with Gasteiger partial charge in [-0.25, -0.2) is 4.39 Å². The van der Waals surface area contributed by atoms with Crippen LogP contribution in [0.4, 0.5) is 4.39 Å². The number of hydrogen-bond donors (Lipinski definition) is 2. The largest absolute Gasteiger partial charge is 0.387 e. The molecular weight excluding hydrogens is 249 g/mol. The van der Waals surface area contributed by atoms with Crippen molar-refractivity contribution in [2.24, 2.45) is 0 Å². The Kier molecular flexibility index (Phi) is 4.47. The van der Waals surface area contributed by atoms with Gasteiger partial charge < -0.3 is 10.4 Å². The molecule has 1 aromatic carbocycles. The SMILES string of the molecule is Cc1ccc(F)cc1CNCC(O)c1ccsc1. The molecule has 1 aromatic heterocycles. The van der Waals surface area contributed by atoms with Gasteiger partial charge in [-0.1, -0.05) is 6.07 Å². The van der Waals surface area contributed by atoms with Crippen LogP contribution < -0.4 is 5.32 Å². The average molecular weight is 265 g/mol. The second kappa shape index (κ2) is 6.09. The van der Waals surface area contributed by atoms with E-state index in [4.69, 9.17) is 0 Å². The minimum Gasteiger partial charge on any atom is -0.387 e. The van der Waals surface area contributed by atoms with E-state index < -0.39 is 6.10 Å². The van der Waals surface area contributed by atoms with Gasteiger partial charge in [-0.3, -0.25) is 0 Å². The fraction of sp³-hybridized carbons (Fsp3) is 0.286. The number of aryl methyl sites for hydroxylation is 1. The molecule has 2 nitrogen and oxygen atoms in total. The van der Waals surface area contributed by atoms with Crippen LogP contribution in [0.15, 0.2) is 35.0 Å². The summed E-state index contributed by atoms with van der Waals surface area (Å²) in [6.45, 7) is 2.98. The number of rotatable bonds is 5. The van der Waals surface area contributed by atoms with Crippen molar-refractivity contribution in [2.75, 3.05) is 6.54 Å². The molecular formula is C14H16FNOS. The van der Waals surface area contributed by atoms with Crippen molar-refractivity contribution in [2.45, 2.75) is 19.6 Å². The Morgan fingerprint density at radius 2 is 2.22 bits per heavy atom. The Morgan fingerprint density at radius 3 is 2.94 bits per heavy atom. The Labute approximate surface area is 110 Å². The zero-order valence-corrected chi connectivity index (χ0v) is 11.0. The zero-order valence-electron chi connectivity index (χ0n) is 10.2. The number of hydrogen-bond acceptors (Lipinski definition) is 3. The van der Waals surface area contributed by atoms with Gasteiger partial charge in [-0.2, -0.15) is 11.3 Å². The van der Waals surface area contributed by atoms with Gasteiger partial charge in [0.1, 0.15) is 5.82 Å². The molecule has 2 rings (SSSR count). The standard InChI is InChI=1S/C14H16FNOS/c1-10-2-3-13(15)6-12(10)7-16-8-14(17)11-4-5-18-9-11/h2-6,9,14,16-17H,7-8H2,1H3. The molecule has 18 heavy (non-hydrogen) atoms. The maximum atomic E-state index is 13.1. The first-order valence-electron chi connectivity index (χ1n) is 5.82. The van der Waals surface area contributed by atoms with E-state index in [0.29, 0.717) is 13.1 Å². The lowest BCUT2D eigenvalue weighted by Gasteiger charge is -2.12. The van der Waals surface area contributed by atoms with E-state index in [1.165, 1.54) is 12.1 Å². The first-order chi connectivity index (χ1) is 8.66. The van der Waals surface area contributed by atoms with Crippen LogP contribution in [0, 0.1) is 12.7 Å². The quantitative estimate of drug-likeness (QED) is 0.871. The van der Waals surface area contributed by atoms with E-state index in [1.807, 2.05) is 23.8 Å². The highest BCUT2D eigenvalue weighted by Crippen LogP contribution is 2.15. The molecule has 0 bridgehead atoms. The Morgan fingerprint density at radius 1 is 1.39 bits per heavy atom. The van der Waals surface area contributed by atoms with E-state index in [9.17, 15) is 9.50 Å². The van der Waals surface area contributed by atoms with E-state index in [1.54, 1.807) is 17.4 Å². The van der Waals surface area contributed by atoms with Crippen LogP contribution in [0.2, 0.25) is 0 Å². The third-order valence-corrected chi connectivity index (χ3v) is 3.59. The summed E-state index contributed by atoms with van der Waals surface area (Å²) in [7, 11) is 0. The van der Waals surface area contributed by atoms with Crippen molar-refractivity contribution in [3.05, 3.63) is 57.5 Å². The molecule has 96 valence electrons. The first-order valence-corrected chi connectivity index (χ1v) is 6.77. The number of aliphatic hydroxyl groups is 1. The van der Waals surface area contributed by atoms with Crippen LogP contribution in [0.25, 0.3) is 0 Å². The van der Waals surface area contributed by atoms with Crippen molar-refractivity contribution >= 4 is 11.3 Å². The second-order valence-corrected chi connectivity index (χ2v) is 5.05. The van der Waals surface area contributed by atoms with Crippen molar-refractivity contribution in [3.8, 4) is 0 Å². The molecule has 0 radical (unpaired) electrons. The predicted octanol–water partition coefficient (Wildman–Crippen LogP) is 3.02. The van der Waals surface area contributed by atoms with Gasteiger partial charge in [-0.05, 0) is 52.6 Å². The van der Waals surface area contributed by atoms with Crippen molar-refractivity contribution in [1.82, 2.24) is 5.32 Å². The molecule has 0 fully saturated rings. The summed E-state index contributed by atoms with van der Waals surface area (Å²) >= 11 is 1.56. The summed E-state index contributed by atoms with van der Waals surface area (Å²) < 4.78 is 13.1. The fourth-order valence-electron chi connectivity index (χ4n) is 1.76. The number of nitrogens with one attached hydrogen (secondary N) is 1. The number of halogens is 1. The van der Waals surface area contributed by atoms with E-state index in [2.05, 4.69) is 5.32 Å². The Bertz CT molecular complexity index is 499. The predicted molar refractivity (Wildman–Crippen MR) is 72.1 cm³/mol. The molecule has 1 heterocycles. The molecule has 2 N–H and O–H groups in total. The maximum absolute atomic E-state index is 13.1. The van der Waals surface area contributed by atoms with Crippen molar-refractivity contribution in [3.63, 3.8) is 0 Å². The van der Waals surface area contributed by atoms with E-state index >= 15 is 0 Å². The van der Waals surface area contributed by atoms with Gasteiger partial charge in [-0.15, -0.1) is 0 Å². The molecule has 0 saturated heterocycles. The lowest BCUT2D eigenvalue weighted by Crippen LogP contribution is -2.21. The summed E-state index contributed by atoms with van der Waals surface area (Å²) in [5.41, 5.74) is 2.89. The molecule has 0 spiro atoms. The molecule has 0 aliphatic carbocycles. The number of thiophene rings is 1. The van der Waals surface area contributed by atoms with Crippen LogP contribution in [-0.4, -0.2) is 11.7 Å². The lowest BCUT2D eigenvalue weighted by molar-refractivity contribution is 0.175. The molecule has 1 atom stereocenters. The monoisotopic (exact) mass is 265 g/mol. The molecule has 0 amide bonds. The van der Waals surface area contributed by atoms with E-state index in [-0.39, 0.29) is 5.82 Å². The summed E-state index contributed by atoms with van der Waals surface area (Å²) in [5, 5.41) is 16.9. The summed E-state index contributed by atoms with van der Waals surface area (Å²) in [6, 6.07) is 6.66. The van der Waals surface area contributed by atoms with Crippen LogP contribution in [0.1, 0.15) is 22.8 Å². The zero-order chi connectivity index (χ0) is 13.0. The molecule has 0 aliphatic heterocycles. The first kappa shape index (κ1) is 13.2. The summed E-state index contributed by atoms with van der Waals surface area (Å²) in [4.78, 5) is 0. The Hall–Kier alpha value is -1.23. The third-order valence-electron chi connectivity index (χ3n) is 2.89. The molecule has 4 heteroatoms. The molecule has 2 aromatic rings. The smallest absolute Gasteiger partial charge is 0.123 e. The number of benzene rings is 1. The molecule has 1 unspecified atom stereocenters. The highest BCUT2D eigenvalue weighted by Gasteiger charge is 2.07. The van der Waals surface area contributed by atoms with Gasteiger partial charge in [0.25, 0.3) is 0 Å². The van der Waals surface area contributed by atoms with E-state index in [0.717, 1.165) is 16.7 Å². The minimum atomic E-state index is -0.509. The topological polar surface area (TPSA) is 32.3 Å². The van der Waals surface area contributed by atoms with Gasteiger partial charge in [0, 0.05) is 13.1 Å². The van der Waals surface area contributed by atoms with Crippen molar-refractivity contribution in [1.29, 1.82) is 0 Å². The van der Waals surface area contributed by atoms with Crippen LogP contribution >= 0.6 is 11.3 Å². The molecule has 0 aliphatic rings. The van der Waals surface area contributed by atoms with Gasteiger partial charge in [0.2, 0.25) is 0 Å². The summed E-state index contributed by atoms with van der Waals surface area (Å²) in [6.07, 6.45) is -0.509. The molecule has 0 saturated carbocycles. The normalized spacial score (nSPS) is 12.6. The van der Waals surface area contributed by atoms with Crippen LogP contribution in [0.3, 0.4) is 0 Å². The highest BCUT2D eigenvalue weighted by molar-refractivity contribution is 7.07. The average Bonchev–Trinajstić information content (AvgIpc) is 2.87.